The number of aliphatic hydroxyl groups is 2. The van der Waals surface area contributed by atoms with Gasteiger partial charge in [0.15, 0.2) is 11.3 Å². The normalized spacial score (nSPS) is 26.5. The van der Waals surface area contributed by atoms with Crippen LogP contribution in [0.3, 0.4) is 0 Å². The van der Waals surface area contributed by atoms with Gasteiger partial charge in [-0.15, -0.1) is 5.10 Å². The third-order valence-corrected chi connectivity index (χ3v) is 6.57. The highest BCUT2D eigenvalue weighted by atomic mass is 32.2. The standard InChI is InChI=1S/C16H27N4O8PS/c1-16(2,3)15(24)30-6-5-26-29(4,25)27-7-9-10(21)11(22)14(28-9)20-8-18-13(19-20)12(17)23/h8-11,14,21-22H,5-7H2,1-4H3,(H2,17,23)/t9-,10?,11?,14-,29?/m1/s1. The number of amides is 1. The fraction of sp³-hybridized carbons (Fsp3) is 0.750. The molecule has 2 rings (SSSR count). The molecule has 0 aromatic carbocycles. The van der Waals surface area contributed by atoms with Crippen LogP contribution >= 0.6 is 19.4 Å². The maximum absolute atomic E-state index is 12.4. The van der Waals surface area contributed by atoms with E-state index in [4.69, 9.17) is 19.5 Å². The largest absolute Gasteiger partial charge is 0.387 e. The predicted molar refractivity (Wildman–Crippen MR) is 107 cm³/mol. The van der Waals surface area contributed by atoms with E-state index in [1.807, 2.05) is 0 Å². The Balaban J connectivity index is 1.83. The number of aromatic nitrogens is 3. The van der Waals surface area contributed by atoms with E-state index < -0.39 is 43.5 Å². The van der Waals surface area contributed by atoms with E-state index in [1.165, 1.54) is 6.66 Å². The number of thioether (sulfide) groups is 1. The second-order valence-corrected chi connectivity index (χ2v) is 10.9. The molecular weight excluding hydrogens is 439 g/mol. The fourth-order valence-electron chi connectivity index (χ4n) is 2.40. The molecule has 1 aromatic rings. The Labute approximate surface area is 178 Å². The highest BCUT2D eigenvalue weighted by Gasteiger charge is 2.45. The van der Waals surface area contributed by atoms with Gasteiger partial charge in [0.1, 0.15) is 24.6 Å². The van der Waals surface area contributed by atoms with Gasteiger partial charge in [0.25, 0.3) is 5.91 Å². The van der Waals surface area contributed by atoms with E-state index in [1.54, 1.807) is 20.8 Å². The fourth-order valence-corrected chi connectivity index (χ4v) is 4.22. The van der Waals surface area contributed by atoms with Gasteiger partial charge < -0.3 is 29.7 Å². The number of rotatable bonds is 9. The SMILES string of the molecule is CC(C)(C)C(=O)SCCOP(C)(=O)OC[C@H]1O[C@@H](n2cnc(C(N)=O)n2)C(O)C1O. The summed E-state index contributed by atoms with van der Waals surface area (Å²) in [6, 6.07) is 0. The van der Waals surface area contributed by atoms with Gasteiger partial charge in [-0.2, -0.15) is 0 Å². The highest BCUT2D eigenvalue weighted by molar-refractivity contribution is 8.13. The van der Waals surface area contributed by atoms with E-state index >= 15 is 0 Å². The van der Waals surface area contributed by atoms with Crippen molar-refractivity contribution < 1.29 is 38.2 Å². The van der Waals surface area contributed by atoms with Crippen molar-refractivity contribution >= 4 is 30.4 Å². The van der Waals surface area contributed by atoms with Crippen molar-refractivity contribution in [1.82, 2.24) is 14.8 Å². The van der Waals surface area contributed by atoms with Crippen LogP contribution in [0.2, 0.25) is 0 Å². The summed E-state index contributed by atoms with van der Waals surface area (Å²) in [5.74, 6) is -0.808. The molecule has 0 aliphatic carbocycles. The number of carbonyl (C=O) groups is 2. The zero-order valence-corrected chi connectivity index (χ0v) is 18.8. The van der Waals surface area contributed by atoms with Crippen molar-refractivity contribution in [3.8, 4) is 0 Å². The minimum Gasteiger partial charge on any atom is -0.387 e. The first-order valence-electron chi connectivity index (χ1n) is 9.08. The Morgan fingerprint density at radius 3 is 2.57 bits per heavy atom. The molecule has 0 saturated carbocycles. The molecule has 14 heteroatoms. The number of nitrogens with zero attached hydrogens (tertiary/aromatic N) is 3. The molecule has 4 N–H and O–H groups in total. The summed E-state index contributed by atoms with van der Waals surface area (Å²) in [7, 11) is -3.49. The highest BCUT2D eigenvalue weighted by Crippen LogP contribution is 2.45. The summed E-state index contributed by atoms with van der Waals surface area (Å²) in [5, 5.41) is 24.1. The number of hydrogen-bond donors (Lipinski definition) is 3. The van der Waals surface area contributed by atoms with Gasteiger partial charge in [0.05, 0.1) is 13.2 Å². The van der Waals surface area contributed by atoms with Gasteiger partial charge in [-0.3, -0.25) is 14.2 Å². The summed E-state index contributed by atoms with van der Waals surface area (Å²) in [4.78, 5) is 26.6. The van der Waals surface area contributed by atoms with Gasteiger partial charge in [0, 0.05) is 17.8 Å². The lowest BCUT2D eigenvalue weighted by molar-refractivity contribution is -0.117. The lowest BCUT2D eigenvalue weighted by Gasteiger charge is -2.19. The molecule has 1 amide bonds. The molecule has 1 aliphatic heterocycles. The number of ether oxygens (including phenoxy) is 1. The number of primary amides is 1. The van der Waals surface area contributed by atoms with Crippen LogP contribution in [0.4, 0.5) is 0 Å². The zero-order valence-electron chi connectivity index (χ0n) is 17.1. The summed E-state index contributed by atoms with van der Waals surface area (Å²) in [6.45, 7) is 6.39. The van der Waals surface area contributed by atoms with Crippen LogP contribution in [0, 0.1) is 5.41 Å². The van der Waals surface area contributed by atoms with Crippen molar-refractivity contribution in [2.75, 3.05) is 25.6 Å². The molecule has 1 saturated heterocycles. The van der Waals surface area contributed by atoms with Crippen LogP contribution < -0.4 is 5.73 Å². The molecule has 5 atom stereocenters. The van der Waals surface area contributed by atoms with E-state index in [0.717, 1.165) is 22.8 Å². The van der Waals surface area contributed by atoms with Gasteiger partial charge in [-0.25, -0.2) is 9.67 Å². The Morgan fingerprint density at radius 2 is 2.00 bits per heavy atom. The first-order valence-corrected chi connectivity index (χ1v) is 12.1. The molecule has 1 aromatic heterocycles. The molecule has 1 aliphatic rings. The van der Waals surface area contributed by atoms with Gasteiger partial charge >= 0.3 is 7.60 Å². The lowest BCUT2D eigenvalue weighted by Crippen LogP contribution is -2.33. The smallest absolute Gasteiger partial charge is 0.327 e. The molecule has 30 heavy (non-hydrogen) atoms. The second-order valence-electron chi connectivity index (χ2n) is 7.74. The Kier molecular flexibility index (Phi) is 8.19. The first kappa shape index (κ1) is 24.9. The summed E-state index contributed by atoms with van der Waals surface area (Å²) < 4.78 is 29.5. The number of aliphatic hydroxyl groups excluding tert-OH is 2. The second kappa shape index (κ2) is 9.86. The molecule has 0 spiro atoms. The van der Waals surface area contributed by atoms with Crippen LogP contribution in [-0.2, 0) is 23.1 Å². The van der Waals surface area contributed by atoms with Gasteiger partial charge in [-0.05, 0) is 0 Å². The van der Waals surface area contributed by atoms with Crippen molar-refractivity contribution in [3.05, 3.63) is 12.2 Å². The maximum atomic E-state index is 12.4. The van der Waals surface area contributed by atoms with Crippen molar-refractivity contribution in [2.24, 2.45) is 11.1 Å². The van der Waals surface area contributed by atoms with Crippen LogP contribution in [0.5, 0.6) is 0 Å². The lowest BCUT2D eigenvalue weighted by atomic mass is 10.00. The average molecular weight is 466 g/mol. The molecule has 2 heterocycles. The number of carbonyl (C=O) groups excluding carboxylic acids is 2. The topological polar surface area (TPSA) is 176 Å². The summed E-state index contributed by atoms with van der Waals surface area (Å²) >= 11 is 1.08. The Morgan fingerprint density at radius 1 is 1.33 bits per heavy atom. The molecule has 3 unspecified atom stereocenters. The van der Waals surface area contributed by atoms with E-state index in [-0.39, 0.29) is 24.2 Å². The third kappa shape index (κ3) is 6.58. The van der Waals surface area contributed by atoms with Crippen LogP contribution in [0.15, 0.2) is 6.33 Å². The minimum absolute atomic E-state index is 0.00642. The monoisotopic (exact) mass is 466 g/mol. The quantitative estimate of drug-likeness (QED) is 0.334. The first-order chi connectivity index (χ1) is 13.8. The van der Waals surface area contributed by atoms with Gasteiger partial charge in [0.2, 0.25) is 5.82 Å². The summed E-state index contributed by atoms with van der Waals surface area (Å²) in [5.41, 5.74) is 4.60. The van der Waals surface area contributed by atoms with Crippen molar-refractivity contribution in [3.63, 3.8) is 0 Å². The van der Waals surface area contributed by atoms with Crippen molar-refractivity contribution in [2.45, 2.75) is 45.3 Å². The minimum atomic E-state index is -3.49. The molecule has 1 fully saturated rings. The molecule has 12 nitrogen and oxygen atoms in total. The van der Waals surface area contributed by atoms with Crippen LogP contribution in [0.1, 0.15) is 37.6 Å². The number of hydrogen-bond acceptors (Lipinski definition) is 11. The average Bonchev–Trinajstić information content (AvgIpc) is 3.23. The summed E-state index contributed by atoms with van der Waals surface area (Å²) in [6.07, 6.45) is -3.78. The number of nitrogens with two attached hydrogens (primary N) is 1. The molecule has 170 valence electrons. The molecule has 0 radical (unpaired) electrons. The Hall–Kier alpha value is -1.34. The molecule has 0 bridgehead atoms. The van der Waals surface area contributed by atoms with E-state index in [9.17, 15) is 24.4 Å². The third-order valence-electron chi connectivity index (χ3n) is 4.05. The van der Waals surface area contributed by atoms with Crippen molar-refractivity contribution in [1.29, 1.82) is 0 Å². The van der Waals surface area contributed by atoms with Crippen LogP contribution in [0.25, 0.3) is 0 Å². The van der Waals surface area contributed by atoms with Crippen LogP contribution in [-0.4, -0.2) is 79.9 Å². The van der Waals surface area contributed by atoms with E-state index in [2.05, 4.69) is 10.1 Å². The maximum Gasteiger partial charge on any atom is 0.327 e. The van der Waals surface area contributed by atoms with E-state index in [0.29, 0.717) is 5.75 Å². The zero-order chi connectivity index (χ0) is 22.7. The Bertz CT molecular complexity index is 813. The predicted octanol–water partition coefficient (Wildman–Crippen LogP) is 0.158. The molecular formula is C16H27N4O8PS. The van der Waals surface area contributed by atoms with Gasteiger partial charge in [-0.1, -0.05) is 32.5 Å².